The van der Waals surface area contributed by atoms with Crippen molar-refractivity contribution >= 4 is 10.0 Å². The Morgan fingerprint density at radius 1 is 1.50 bits per heavy atom. The summed E-state index contributed by atoms with van der Waals surface area (Å²) in [5.74, 6) is 0.438. The Labute approximate surface area is 110 Å². The quantitative estimate of drug-likeness (QED) is 0.670. The summed E-state index contributed by atoms with van der Waals surface area (Å²) in [4.78, 5) is 0. The Morgan fingerprint density at radius 3 is 2.50 bits per heavy atom. The molecule has 0 spiro atoms. The molecule has 0 amide bonds. The average Bonchev–Trinajstić information content (AvgIpc) is 3.14. The van der Waals surface area contributed by atoms with Crippen molar-refractivity contribution in [2.45, 2.75) is 44.4 Å². The smallest absolute Gasteiger partial charge is 0.230 e. The van der Waals surface area contributed by atoms with Crippen molar-refractivity contribution < 1.29 is 13.2 Å². The number of sulfonamides is 1. The molecule has 6 heteroatoms. The predicted octanol–water partition coefficient (Wildman–Crippen LogP) is 1.37. The molecule has 0 radical (unpaired) electrons. The van der Waals surface area contributed by atoms with Crippen molar-refractivity contribution in [3.8, 4) is 6.07 Å². The van der Waals surface area contributed by atoms with Gasteiger partial charge < -0.3 is 4.74 Å². The molecule has 0 heterocycles. The van der Waals surface area contributed by atoms with Gasteiger partial charge in [-0.1, -0.05) is 6.92 Å². The molecule has 0 aromatic rings. The maximum absolute atomic E-state index is 12.4. The van der Waals surface area contributed by atoms with Crippen molar-refractivity contribution in [3.63, 3.8) is 0 Å². The van der Waals surface area contributed by atoms with E-state index in [-0.39, 0.29) is 6.04 Å². The molecule has 0 N–H and O–H groups in total. The highest BCUT2D eigenvalue weighted by Crippen LogP contribution is 2.36. The first-order chi connectivity index (χ1) is 8.48. The first-order valence-electron chi connectivity index (χ1n) is 6.38. The van der Waals surface area contributed by atoms with Gasteiger partial charge in [-0.15, -0.1) is 0 Å². The Kier molecular flexibility index (Phi) is 5.57. The summed E-state index contributed by atoms with van der Waals surface area (Å²) in [7, 11) is -2.00. The third-order valence-corrected chi connectivity index (χ3v) is 5.80. The van der Waals surface area contributed by atoms with E-state index in [9.17, 15) is 8.42 Å². The molecular formula is C12H22N2O3S. The van der Waals surface area contributed by atoms with Crippen molar-refractivity contribution in [1.82, 2.24) is 4.31 Å². The molecule has 1 saturated carbocycles. The minimum Gasteiger partial charge on any atom is -0.383 e. The van der Waals surface area contributed by atoms with Crippen LogP contribution in [0.15, 0.2) is 0 Å². The van der Waals surface area contributed by atoms with Crippen molar-refractivity contribution in [1.29, 1.82) is 5.26 Å². The number of ether oxygens (including phenoxy) is 1. The van der Waals surface area contributed by atoms with Crippen LogP contribution in [-0.2, 0) is 14.8 Å². The molecule has 2 atom stereocenters. The van der Waals surface area contributed by atoms with Crippen LogP contribution in [0.25, 0.3) is 0 Å². The van der Waals surface area contributed by atoms with E-state index in [1.165, 1.54) is 4.31 Å². The van der Waals surface area contributed by atoms with E-state index in [4.69, 9.17) is 10.00 Å². The van der Waals surface area contributed by atoms with Gasteiger partial charge in [0.25, 0.3) is 0 Å². The maximum Gasteiger partial charge on any atom is 0.230 e. The second-order valence-electron chi connectivity index (χ2n) is 4.75. The summed E-state index contributed by atoms with van der Waals surface area (Å²) in [5.41, 5.74) is 0. The second-order valence-corrected chi connectivity index (χ2v) is 6.82. The standard InChI is InChI=1S/C12H22N2O3S/c1-4-12(9-13)18(15,16)14(7-8-17-3)10(2)11-5-6-11/h10-12H,4-8H2,1-3H3. The van der Waals surface area contributed by atoms with Gasteiger partial charge in [-0.05, 0) is 32.1 Å². The molecule has 0 saturated heterocycles. The predicted molar refractivity (Wildman–Crippen MR) is 69.4 cm³/mol. The normalized spacial score (nSPS) is 19.5. The van der Waals surface area contributed by atoms with Gasteiger partial charge in [0.15, 0.2) is 5.25 Å². The van der Waals surface area contributed by atoms with Crippen LogP contribution in [0.2, 0.25) is 0 Å². The van der Waals surface area contributed by atoms with Gasteiger partial charge >= 0.3 is 0 Å². The highest BCUT2D eigenvalue weighted by atomic mass is 32.2. The number of nitriles is 1. The van der Waals surface area contributed by atoms with Gasteiger partial charge in [0.2, 0.25) is 10.0 Å². The highest BCUT2D eigenvalue weighted by Gasteiger charge is 2.40. The van der Waals surface area contributed by atoms with Gasteiger partial charge in [0.05, 0.1) is 12.7 Å². The van der Waals surface area contributed by atoms with E-state index in [0.717, 1.165) is 12.8 Å². The largest absolute Gasteiger partial charge is 0.383 e. The lowest BCUT2D eigenvalue weighted by molar-refractivity contribution is 0.164. The SMILES string of the molecule is CCC(C#N)S(=O)(=O)N(CCOC)C(C)C1CC1. The van der Waals surface area contributed by atoms with E-state index < -0.39 is 15.3 Å². The molecule has 1 aliphatic rings. The lowest BCUT2D eigenvalue weighted by Crippen LogP contribution is -2.46. The van der Waals surface area contributed by atoms with Crippen LogP contribution >= 0.6 is 0 Å². The lowest BCUT2D eigenvalue weighted by Gasteiger charge is -2.29. The molecule has 1 fully saturated rings. The lowest BCUT2D eigenvalue weighted by atomic mass is 10.2. The zero-order valence-electron chi connectivity index (χ0n) is 11.3. The van der Waals surface area contributed by atoms with Crippen molar-refractivity contribution in [2.75, 3.05) is 20.3 Å². The third-order valence-electron chi connectivity index (χ3n) is 3.48. The fourth-order valence-electron chi connectivity index (χ4n) is 2.09. The van der Waals surface area contributed by atoms with E-state index in [2.05, 4.69) is 0 Å². The minimum absolute atomic E-state index is 0.0347. The summed E-state index contributed by atoms with van der Waals surface area (Å²) in [6.07, 6.45) is 2.47. The summed E-state index contributed by atoms with van der Waals surface area (Å²) in [5, 5.41) is 8.04. The van der Waals surface area contributed by atoms with Crippen LogP contribution in [0.5, 0.6) is 0 Å². The van der Waals surface area contributed by atoms with Gasteiger partial charge in [-0.2, -0.15) is 9.57 Å². The first-order valence-corrected chi connectivity index (χ1v) is 7.88. The van der Waals surface area contributed by atoms with Crippen LogP contribution in [0, 0.1) is 17.2 Å². The van der Waals surface area contributed by atoms with Crippen LogP contribution in [0.3, 0.4) is 0 Å². The minimum atomic E-state index is -3.55. The van der Waals surface area contributed by atoms with E-state index in [1.54, 1.807) is 14.0 Å². The number of methoxy groups -OCH3 is 1. The summed E-state index contributed by atoms with van der Waals surface area (Å²) in [6.45, 7) is 4.34. The number of rotatable bonds is 8. The molecule has 0 aromatic heterocycles. The van der Waals surface area contributed by atoms with Gasteiger partial charge in [-0.25, -0.2) is 8.42 Å². The Hall–Kier alpha value is -0.640. The molecule has 5 nitrogen and oxygen atoms in total. The Bertz CT molecular complexity index is 398. The van der Waals surface area contributed by atoms with Crippen LogP contribution < -0.4 is 0 Å². The fraction of sp³-hybridized carbons (Fsp3) is 0.917. The number of hydrogen-bond acceptors (Lipinski definition) is 4. The average molecular weight is 274 g/mol. The summed E-state index contributed by atoms with van der Waals surface area (Å²) in [6, 6.07) is 1.86. The molecule has 0 aromatic carbocycles. The summed E-state index contributed by atoms with van der Waals surface area (Å²) >= 11 is 0. The van der Waals surface area contributed by atoms with Crippen molar-refractivity contribution in [3.05, 3.63) is 0 Å². The molecule has 18 heavy (non-hydrogen) atoms. The van der Waals surface area contributed by atoms with Crippen LogP contribution in [-0.4, -0.2) is 44.3 Å². The molecule has 104 valence electrons. The first kappa shape index (κ1) is 15.4. The zero-order chi connectivity index (χ0) is 13.8. The van der Waals surface area contributed by atoms with E-state index >= 15 is 0 Å². The van der Waals surface area contributed by atoms with E-state index in [0.29, 0.717) is 25.5 Å². The molecule has 0 aliphatic heterocycles. The van der Waals surface area contributed by atoms with Gasteiger partial charge in [0.1, 0.15) is 0 Å². The van der Waals surface area contributed by atoms with Crippen LogP contribution in [0.4, 0.5) is 0 Å². The number of nitrogens with zero attached hydrogens (tertiary/aromatic N) is 2. The van der Waals surface area contributed by atoms with E-state index in [1.807, 2.05) is 13.0 Å². The third kappa shape index (κ3) is 3.44. The molecule has 2 unspecified atom stereocenters. The Balaban J connectivity index is 2.90. The Morgan fingerprint density at radius 2 is 2.11 bits per heavy atom. The van der Waals surface area contributed by atoms with Crippen molar-refractivity contribution in [2.24, 2.45) is 5.92 Å². The van der Waals surface area contributed by atoms with Gasteiger partial charge in [-0.3, -0.25) is 0 Å². The fourth-order valence-corrected chi connectivity index (χ4v) is 3.94. The molecular weight excluding hydrogens is 252 g/mol. The molecule has 1 aliphatic carbocycles. The topological polar surface area (TPSA) is 70.4 Å². The molecule has 1 rings (SSSR count). The second kappa shape index (κ2) is 6.50. The van der Waals surface area contributed by atoms with Crippen LogP contribution in [0.1, 0.15) is 33.1 Å². The highest BCUT2D eigenvalue weighted by molar-refractivity contribution is 7.90. The summed E-state index contributed by atoms with van der Waals surface area (Å²) < 4.78 is 31.3. The maximum atomic E-state index is 12.4. The monoisotopic (exact) mass is 274 g/mol. The number of hydrogen-bond donors (Lipinski definition) is 0. The van der Waals surface area contributed by atoms with Gasteiger partial charge in [0, 0.05) is 19.7 Å². The zero-order valence-corrected chi connectivity index (χ0v) is 12.1. The molecule has 0 bridgehead atoms.